The maximum atomic E-state index is 13.5. The van der Waals surface area contributed by atoms with Crippen LogP contribution < -0.4 is 14.8 Å². The quantitative estimate of drug-likeness (QED) is 0.590. The van der Waals surface area contributed by atoms with Gasteiger partial charge in [-0.3, -0.25) is 4.90 Å². The lowest BCUT2D eigenvalue weighted by molar-refractivity contribution is 0.0257. The largest absolute Gasteiger partial charge is 0.493 e. The van der Waals surface area contributed by atoms with Crippen LogP contribution in [0.25, 0.3) is 10.9 Å². The number of aromatic nitrogens is 2. The zero-order valence-corrected chi connectivity index (χ0v) is 17.7. The van der Waals surface area contributed by atoms with Crippen molar-refractivity contribution in [1.29, 1.82) is 0 Å². The Morgan fingerprint density at radius 1 is 1.26 bits per heavy atom. The van der Waals surface area contributed by atoms with Gasteiger partial charge in [-0.1, -0.05) is 11.6 Å². The number of nitrogens with zero attached hydrogens (tertiary/aromatic N) is 3. The van der Waals surface area contributed by atoms with Crippen molar-refractivity contribution in [2.45, 2.75) is 18.6 Å². The van der Waals surface area contributed by atoms with E-state index in [1.807, 2.05) is 12.1 Å². The number of anilines is 2. The molecule has 0 unspecified atom stereocenters. The highest BCUT2D eigenvalue weighted by Crippen LogP contribution is 2.35. The molecule has 2 bridgehead atoms. The van der Waals surface area contributed by atoms with Crippen LogP contribution in [0.4, 0.5) is 15.9 Å². The second-order valence-electron chi connectivity index (χ2n) is 7.68. The van der Waals surface area contributed by atoms with Crippen molar-refractivity contribution in [3.05, 3.63) is 47.5 Å². The second-order valence-corrected chi connectivity index (χ2v) is 8.09. The Labute approximate surface area is 184 Å². The lowest BCUT2D eigenvalue weighted by atomic mass is 10.2. The molecule has 2 aromatic carbocycles. The molecule has 0 spiro atoms. The summed E-state index contributed by atoms with van der Waals surface area (Å²) in [7, 11) is 1.60. The smallest absolute Gasteiger partial charge is 0.162 e. The molecule has 2 aliphatic heterocycles. The summed E-state index contributed by atoms with van der Waals surface area (Å²) in [6.07, 6.45) is 2.94. The Kier molecular flexibility index (Phi) is 5.52. The number of halogens is 2. The Balaban J connectivity index is 1.37. The predicted molar refractivity (Wildman–Crippen MR) is 116 cm³/mol. The molecule has 1 N–H and O–H groups in total. The molecule has 31 heavy (non-hydrogen) atoms. The van der Waals surface area contributed by atoms with Gasteiger partial charge in [0.25, 0.3) is 0 Å². The molecule has 2 atom stereocenters. The van der Waals surface area contributed by atoms with E-state index in [4.69, 9.17) is 25.8 Å². The summed E-state index contributed by atoms with van der Waals surface area (Å²) in [6, 6.07) is 8.60. The first-order valence-corrected chi connectivity index (χ1v) is 10.5. The van der Waals surface area contributed by atoms with E-state index in [0.29, 0.717) is 47.3 Å². The van der Waals surface area contributed by atoms with Crippen molar-refractivity contribution < 1.29 is 18.6 Å². The number of rotatable bonds is 7. The van der Waals surface area contributed by atoms with Crippen LogP contribution in [0.3, 0.4) is 0 Å². The van der Waals surface area contributed by atoms with Crippen molar-refractivity contribution in [3.8, 4) is 11.5 Å². The van der Waals surface area contributed by atoms with E-state index in [0.717, 1.165) is 31.5 Å². The molecule has 7 nitrogen and oxygen atoms in total. The molecule has 0 aliphatic carbocycles. The number of hydrogen-bond donors (Lipinski definition) is 1. The van der Waals surface area contributed by atoms with Gasteiger partial charge in [-0.15, -0.1) is 0 Å². The average Bonchev–Trinajstić information content (AvgIpc) is 3.40. The molecule has 1 aromatic heterocycles. The number of benzene rings is 2. The predicted octanol–water partition coefficient (Wildman–Crippen LogP) is 4.03. The highest BCUT2D eigenvalue weighted by atomic mass is 35.5. The van der Waals surface area contributed by atoms with Gasteiger partial charge in [0.05, 0.1) is 30.4 Å². The summed E-state index contributed by atoms with van der Waals surface area (Å²) < 4.78 is 30.7. The molecular weight excluding hydrogens is 423 g/mol. The molecule has 5 rings (SSSR count). The van der Waals surface area contributed by atoms with Gasteiger partial charge in [-0.05, 0) is 30.7 Å². The summed E-state index contributed by atoms with van der Waals surface area (Å²) in [5.74, 6) is 1.31. The number of hydrogen-bond acceptors (Lipinski definition) is 7. The Bertz CT molecular complexity index is 1120. The van der Waals surface area contributed by atoms with Crippen molar-refractivity contribution >= 4 is 34.0 Å². The van der Waals surface area contributed by atoms with Crippen LogP contribution in [0.5, 0.6) is 11.5 Å². The molecular formula is C22H22ClFN4O3. The Morgan fingerprint density at radius 3 is 2.90 bits per heavy atom. The van der Waals surface area contributed by atoms with Gasteiger partial charge in [0.2, 0.25) is 0 Å². The minimum Gasteiger partial charge on any atom is -0.493 e. The molecule has 2 saturated heterocycles. The minimum absolute atomic E-state index is 0.0371. The molecule has 0 saturated carbocycles. The first-order chi connectivity index (χ1) is 15.1. The summed E-state index contributed by atoms with van der Waals surface area (Å²) in [5, 5.41) is 3.97. The monoisotopic (exact) mass is 444 g/mol. The highest BCUT2D eigenvalue weighted by Gasteiger charge is 2.38. The number of ether oxygens (including phenoxy) is 3. The molecule has 162 valence electrons. The molecule has 3 aromatic rings. The van der Waals surface area contributed by atoms with Crippen molar-refractivity contribution in [2.75, 3.05) is 38.7 Å². The number of methoxy groups -OCH3 is 1. The lowest BCUT2D eigenvalue weighted by Gasteiger charge is -2.26. The molecule has 3 heterocycles. The van der Waals surface area contributed by atoms with E-state index in [1.54, 1.807) is 13.2 Å². The van der Waals surface area contributed by atoms with Crippen LogP contribution in [0.15, 0.2) is 36.7 Å². The minimum atomic E-state index is -0.474. The normalized spacial score (nSPS) is 20.4. The molecule has 9 heteroatoms. The van der Waals surface area contributed by atoms with Gasteiger partial charge in [0.15, 0.2) is 11.5 Å². The van der Waals surface area contributed by atoms with Gasteiger partial charge < -0.3 is 19.5 Å². The highest BCUT2D eigenvalue weighted by molar-refractivity contribution is 6.31. The number of fused-ring (bicyclic) bond motifs is 3. The molecule has 2 fully saturated rings. The summed E-state index contributed by atoms with van der Waals surface area (Å²) >= 11 is 5.90. The second kappa shape index (κ2) is 8.45. The summed E-state index contributed by atoms with van der Waals surface area (Å²) in [5.41, 5.74) is 1.32. The number of likely N-dealkylation sites (tertiary alicyclic amines) is 1. The van der Waals surface area contributed by atoms with Crippen molar-refractivity contribution in [2.24, 2.45) is 0 Å². The van der Waals surface area contributed by atoms with Crippen LogP contribution in [0, 0.1) is 5.82 Å². The van der Waals surface area contributed by atoms with E-state index in [2.05, 4.69) is 20.2 Å². The fourth-order valence-electron chi connectivity index (χ4n) is 4.17. The standard InChI is InChI=1S/C22H22ClFN4O3/c1-29-20-9-19-16(8-21(20)30-5-4-28-10-15-7-14(28)11-31-15)22(26-12-25-19)27-13-2-3-18(24)17(23)6-13/h2-3,6,8-9,12,14-15H,4-5,7,10-11H2,1H3,(H,25,26,27)/t14-,15-/m1/s1. The third-order valence-corrected chi connectivity index (χ3v) is 6.04. The Hall–Kier alpha value is -2.68. The lowest BCUT2D eigenvalue weighted by Crippen LogP contribution is -2.39. The van der Waals surface area contributed by atoms with Crippen LogP contribution in [0.2, 0.25) is 5.02 Å². The van der Waals surface area contributed by atoms with Crippen LogP contribution in [0.1, 0.15) is 6.42 Å². The van der Waals surface area contributed by atoms with E-state index in [1.165, 1.54) is 18.5 Å². The maximum Gasteiger partial charge on any atom is 0.162 e. The van der Waals surface area contributed by atoms with E-state index >= 15 is 0 Å². The number of nitrogens with one attached hydrogen (secondary N) is 1. The van der Waals surface area contributed by atoms with Crippen LogP contribution in [-0.4, -0.2) is 60.4 Å². The van der Waals surface area contributed by atoms with E-state index < -0.39 is 5.82 Å². The van der Waals surface area contributed by atoms with Gasteiger partial charge in [0.1, 0.15) is 24.6 Å². The fraction of sp³-hybridized carbons (Fsp3) is 0.364. The molecule has 0 amide bonds. The SMILES string of the molecule is COc1cc2ncnc(Nc3ccc(F)c(Cl)c3)c2cc1OCCN1C[C@H]2C[C@@H]1CO2. The van der Waals surface area contributed by atoms with Crippen LogP contribution >= 0.6 is 11.6 Å². The topological polar surface area (TPSA) is 68.7 Å². The third kappa shape index (κ3) is 4.11. The van der Waals surface area contributed by atoms with Gasteiger partial charge in [-0.2, -0.15) is 0 Å². The maximum absolute atomic E-state index is 13.5. The molecule has 2 aliphatic rings. The van der Waals surface area contributed by atoms with E-state index in [9.17, 15) is 4.39 Å². The van der Waals surface area contributed by atoms with Gasteiger partial charge in [-0.25, -0.2) is 14.4 Å². The van der Waals surface area contributed by atoms with Crippen molar-refractivity contribution in [1.82, 2.24) is 14.9 Å². The summed E-state index contributed by atoms with van der Waals surface area (Å²) in [6.45, 7) is 3.14. The Morgan fingerprint density at radius 2 is 2.16 bits per heavy atom. The first-order valence-electron chi connectivity index (χ1n) is 10.1. The van der Waals surface area contributed by atoms with Gasteiger partial charge in [0, 0.05) is 36.3 Å². The first kappa shape index (κ1) is 20.2. The zero-order valence-electron chi connectivity index (χ0n) is 17.0. The van der Waals surface area contributed by atoms with Crippen LogP contribution in [-0.2, 0) is 4.74 Å². The molecule has 0 radical (unpaired) electrons. The zero-order chi connectivity index (χ0) is 21.4. The van der Waals surface area contributed by atoms with E-state index in [-0.39, 0.29) is 5.02 Å². The summed E-state index contributed by atoms with van der Waals surface area (Å²) in [4.78, 5) is 11.1. The van der Waals surface area contributed by atoms with Gasteiger partial charge >= 0.3 is 0 Å². The number of morpholine rings is 1. The fourth-order valence-corrected chi connectivity index (χ4v) is 4.35. The average molecular weight is 445 g/mol. The van der Waals surface area contributed by atoms with Crippen molar-refractivity contribution in [3.63, 3.8) is 0 Å². The third-order valence-electron chi connectivity index (χ3n) is 5.75.